The molecule has 7 heteroatoms. The Labute approximate surface area is 117 Å². The van der Waals surface area contributed by atoms with Gasteiger partial charge in [0.15, 0.2) is 0 Å². The highest BCUT2D eigenvalue weighted by Gasteiger charge is 2.22. The zero-order valence-corrected chi connectivity index (χ0v) is 11.7. The van der Waals surface area contributed by atoms with E-state index < -0.39 is 0 Å². The van der Waals surface area contributed by atoms with Crippen molar-refractivity contribution in [3.05, 3.63) is 30.1 Å². The smallest absolute Gasteiger partial charge is 0.254 e. The number of amides is 1. The molecule has 106 valence electrons. The van der Waals surface area contributed by atoms with Gasteiger partial charge in [-0.05, 0) is 20.3 Å². The second kappa shape index (κ2) is 5.07. The van der Waals surface area contributed by atoms with Crippen molar-refractivity contribution in [1.29, 1.82) is 0 Å². The van der Waals surface area contributed by atoms with Gasteiger partial charge in [0.2, 0.25) is 0 Å². The van der Waals surface area contributed by atoms with Crippen LogP contribution >= 0.6 is 0 Å². The second-order valence-electron chi connectivity index (χ2n) is 5.37. The molecule has 0 saturated heterocycles. The molecule has 0 aliphatic carbocycles. The van der Waals surface area contributed by atoms with Crippen LogP contribution in [0.3, 0.4) is 0 Å². The van der Waals surface area contributed by atoms with Crippen LogP contribution in [0.1, 0.15) is 42.5 Å². The fourth-order valence-electron chi connectivity index (χ4n) is 2.36. The van der Waals surface area contributed by atoms with Crippen molar-refractivity contribution in [2.75, 3.05) is 0 Å². The molecule has 0 saturated carbocycles. The third kappa shape index (κ3) is 2.43. The summed E-state index contributed by atoms with van der Waals surface area (Å²) in [6.45, 7) is 4.74. The summed E-state index contributed by atoms with van der Waals surface area (Å²) in [5.41, 5.74) is 0.600. The Bertz CT molecular complexity index is 614. The monoisotopic (exact) mass is 274 g/mol. The molecule has 3 rings (SSSR count). The molecule has 1 unspecified atom stereocenters. The highest BCUT2D eigenvalue weighted by atomic mass is 16.1. The van der Waals surface area contributed by atoms with Gasteiger partial charge in [0, 0.05) is 24.7 Å². The average Bonchev–Trinajstić information content (AvgIpc) is 3.07. The summed E-state index contributed by atoms with van der Waals surface area (Å²) in [6.07, 6.45) is 6.69. The molecule has 0 aromatic carbocycles. The molecule has 0 radical (unpaired) electrons. The number of hydrogen-bond donors (Lipinski definition) is 1. The number of aryl methyl sites for hydroxylation is 1. The van der Waals surface area contributed by atoms with Crippen molar-refractivity contribution >= 4 is 5.91 Å². The van der Waals surface area contributed by atoms with Crippen molar-refractivity contribution in [1.82, 2.24) is 29.9 Å². The quantitative estimate of drug-likeness (QED) is 0.898. The number of carbonyl (C=O) groups is 1. The van der Waals surface area contributed by atoms with E-state index in [-0.39, 0.29) is 18.0 Å². The minimum Gasteiger partial charge on any atom is -0.347 e. The molecule has 1 atom stereocenters. The highest BCUT2D eigenvalue weighted by molar-refractivity contribution is 5.93. The van der Waals surface area contributed by atoms with E-state index >= 15 is 0 Å². The molecule has 1 aliphatic heterocycles. The molecule has 0 spiro atoms. The summed E-state index contributed by atoms with van der Waals surface area (Å²) in [6, 6.07) is 0.350. The van der Waals surface area contributed by atoms with Crippen LogP contribution in [-0.2, 0) is 13.0 Å². The predicted octanol–water partition coefficient (Wildman–Crippen LogP) is 0.800. The van der Waals surface area contributed by atoms with E-state index in [0.29, 0.717) is 12.1 Å². The third-order valence-electron chi connectivity index (χ3n) is 3.53. The first kappa shape index (κ1) is 12.8. The van der Waals surface area contributed by atoms with E-state index in [1.54, 1.807) is 23.4 Å². The maximum atomic E-state index is 12.2. The molecular formula is C13H18N6O. The Kier molecular flexibility index (Phi) is 3.25. The molecule has 1 amide bonds. The van der Waals surface area contributed by atoms with Gasteiger partial charge in [-0.15, -0.1) is 0 Å². The maximum Gasteiger partial charge on any atom is 0.254 e. The van der Waals surface area contributed by atoms with Crippen LogP contribution < -0.4 is 5.32 Å². The van der Waals surface area contributed by atoms with Crippen LogP contribution in [0.25, 0.3) is 0 Å². The molecule has 2 aromatic heterocycles. The van der Waals surface area contributed by atoms with Crippen LogP contribution in [-0.4, -0.2) is 36.5 Å². The Morgan fingerprint density at radius 1 is 1.45 bits per heavy atom. The summed E-state index contributed by atoms with van der Waals surface area (Å²) >= 11 is 0. The number of nitrogens with one attached hydrogen (secondary N) is 1. The van der Waals surface area contributed by atoms with E-state index in [0.717, 1.165) is 18.7 Å². The van der Waals surface area contributed by atoms with Gasteiger partial charge in [-0.25, -0.2) is 9.67 Å². The summed E-state index contributed by atoms with van der Waals surface area (Å²) in [5.74, 6) is 0.911. The zero-order valence-electron chi connectivity index (χ0n) is 11.7. The lowest BCUT2D eigenvalue weighted by Gasteiger charge is -2.23. The number of carbonyl (C=O) groups excluding carboxylic acids is 1. The lowest BCUT2D eigenvalue weighted by Crippen LogP contribution is -2.41. The Morgan fingerprint density at radius 3 is 3.05 bits per heavy atom. The molecule has 20 heavy (non-hydrogen) atoms. The van der Waals surface area contributed by atoms with Crippen LogP contribution in [0.5, 0.6) is 0 Å². The molecule has 1 N–H and O–H groups in total. The van der Waals surface area contributed by atoms with Gasteiger partial charge in [-0.2, -0.15) is 10.2 Å². The maximum absolute atomic E-state index is 12.2. The van der Waals surface area contributed by atoms with Crippen LogP contribution in [0.15, 0.2) is 18.7 Å². The largest absolute Gasteiger partial charge is 0.347 e. The van der Waals surface area contributed by atoms with Crippen LogP contribution in [0, 0.1) is 0 Å². The third-order valence-corrected chi connectivity index (χ3v) is 3.53. The van der Waals surface area contributed by atoms with Gasteiger partial charge in [0.1, 0.15) is 12.2 Å². The van der Waals surface area contributed by atoms with Gasteiger partial charge in [-0.3, -0.25) is 9.48 Å². The van der Waals surface area contributed by atoms with Crippen molar-refractivity contribution in [2.24, 2.45) is 0 Å². The molecule has 7 nitrogen and oxygen atoms in total. The van der Waals surface area contributed by atoms with Crippen molar-refractivity contribution < 1.29 is 4.79 Å². The lowest BCUT2D eigenvalue weighted by atomic mass is 10.1. The van der Waals surface area contributed by atoms with Crippen LogP contribution in [0.4, 0.5) is 0 Å². The predicted molar refractivity (Wildman–Crippen MR) is 72.2 cm³/mol. The van der Waals surface area contributed by atoms with Gasteiger partial charge >= 0.3 is 0 Å². The molecule has 3 heterocycles. The van der Waals surface area contributed by atoms with Gasteiger partial charge in [0.25, 0.3) is 5.91 Å². The van der Waals surface area contributed by atoms with E-state index in [9.17, 15) is 4.79 Å². The first-order valence-corrected chi connectivity index (χ1v) is 6.85. The first-order chi connectivity index (χ1) is 9.63. The molecule has 1 aliphatic rings. The van der Waals surface area contributed by atoms with E-state index in [1.807, 2.05) is 18.5 Å². The molecule has 2 aromatic rings. The fourth-order valence-corrected chi connectivity index (χ4v) is 2.36. The Morgan fingerprint density at radius 2 is 2.30 bits per heavy atom. The number of nitrogens with zero attached hydrogens (tertiary/aromatic N) is 5. The second-order valence-corrected chi connectivity index (χ2v) is 5.37. The number of rotatable bonds is 3. The molecule has 0 bridgehead atoms. The average molecular weight is 274 g/mol. The Balaban J connectivity index is 1.64. The zero-order chi connectivity index (χ0) is 14.1. The fraction of sp³-hybridized carbons (Fsp3) is 0.538. The standard InChI is InChI=1S/C13H18N6O/c1-9(2)18-6-10(5-15-18)13(20)17-11-3-4-12-14-8-16-19(12)7-11/h5-6,8-9,11H,3-4,7H2,1-2H3,(H,17,20). The normalized spacial score (nSPS) is 18.1. The van der Waals surface area contributed by atoms with Crippen molar-refractivity contribution in [2.45, 2.75) is 45.3 Å². The van der Waals surface area contributed by atoms with Crippen LogP contribution in [0.2, 0.25) is 0 Å². The summed E-state index contributed by atoms with van der Waals surface area (Å²) < 4.78 is 3.64. The Hall–Kier alpha value is -2.18. The SMILES string of the molecule is CC(C)n1cc(C(=O)NC2CCc3ncnn3C2)cn1. The summed E-state index contributed by atoms with van der Waals surface area (Å²) in [4.78, 5) is 16.4. The van der Waals surface area contributed by atoms with Gasteiger partial charge in [0.05, 0.1) is 18.3 Å². The number of aromatic nitrogens is 5. The summed E-state index contributed by atoms with van der Waals surface area (Å²) in [7, 11) is 0. The lowest BCUT2D eigenvalue weighted by molar-refractivity contribution is 0.0926. The first-order valence-electron chi connectivity index (χ1n) is 6.85. The number of fused-ring (bicyclic) bond motifs is 1. The van der Waals surface area contributed by atoms with Crippen molar-refractivity contribution in [3.63, 3.8) is 0 Å². The van der Waals surface area contributed by atoms with Gasteiger partial charge in [-0.1, -0.05) is 0 Å². The van der Waals surface area contributed by atoms with E-state index in [2.05, 4.69) is 20.5 Å². The number of hydrogen-bond acceptors (Lipinski definition) is 4. The molecule has 0 fully saturated rings. The molecular weight excluding hydrogens is 256 g/mol. The topological polar surface area (TPSA) is 77.6 Å². The van der Waals surface area contributed by atoms with E-state index in [4.69, 9.17) is 0 Å². The van der Waals surface area contributed by atoms with E-state index in [1.165, 1.54) is 0 Å². The van der Waals surface area contributed by atoms with Crippen molar-refractivity contribution in [3.8, 4) is 0 Å². The minimum absolute atomic E-state index is 0.0783. The summed E-state index contributed by atoms with van der Waals surface area (Å²) in [5, 5.41) is 11.4. The highest BCUT2D eigenvalue weighted by Crippen LogP contribution is 2.12. The minimum atomic E-state index is -0.0783. The van der Waals surface area contributed by atoms with Gasteiger partial charge < -0.3 is 5.32 Å².